The molecule has 0 aliphatic rings. The number of amides is 1. The van der Waals surface area contributed by atoms with Crippen LogP contribution in [-0.2, 0) is 4.79 Å². The zero-order valence-electron chi connectivity index (χ0n) is 10.2. The smallest absolute Gasteiger partial charge is 0.326 e. The highest BCUT2D eigenvalue weighted by Crippen LogP contribution is 2.14. The number of hydrogen-bond donors (Lipinski definition) is 2. The van der Waals surface area contributed by atoms with Gasteiger partial charge in [-0.3, -0.25) is 4.79 Å². The van der Waals surface area contributed by atoms with Crippen molar-refractivity contribution >= 4 is 11.9 Å². The molecule has 1 unspecified atom stereocenters. The van der Waals surface area contributed by atoms with Gasteiger partial charge in [-0.2, -0.15) is 0 Å². The summed E-state index contributed by atoms with van der Waals surface area (Å²) in [4.78, 5) is 22.5. The van der Waals surface area contributed by atoms with Crippen molar-refractivity contribution in [1.29, 1.82) is 0 Å². The maximum atomic E-state index is 12.9. The molecule has 1 aromatic rings. The van der Waals surface area contributed by atoms with Crippen molar-refractivity contribution in [2.75, 3.05) is 0 Å². The molecule has 0 saturated carbocycles. The van der Waals surface area contributed by atoms with E-state index in [0.717, 1.165) is 0 Å². The molecule has 1 atom stereocenters. The number of carboxylic acid groups (broad SMARTS) is 1. The van der Waals surface area contributed by atoms with Gasteiger partial charge < -0.3 is 10.4 Å². The van der Waals surface area contributed by atoms with E-state index in [1.165, 1.54) is 0 Å². The van der Waals surface area contributed by atoms with Crippen LogP contribution in [0.1, 0.15) is 24.2 Å². The van der Waals surface area contributed by atoms with Crippen molar-refractivity contribution in [3.8, 4) is 0 Å². The Labute approximate surface area is 107 Å². The largest absolute Gasteiger partial charge is 0.480 e. The minimum Gasteiger partial charge on any atom is -0.480 e. The van der Waals surface area contributed by atoms with Crippen LogP contribution in [0.4, 0.5) is 13.2 Å². The van der Waals surface area contributed by atoms with E-state index >= 15 is 0 Å². The molecule has 0 heterocycles. The minimum absolute atomic E-state index is 0.420. The fourth-order valence-corrected chi connectivity index (χ4v) is 1.42. The van der Waals surface area contributed by atoms with Crippen LogP contribution >= 0.6 is 0 Å². The fourth-order valence-electron chi connectivity index (χ4n) is 1.42. The number of rotatable bonds is 4. The monoisotopic (exact) mass is 275 g/mol. The van der Waals surface area contributed by atoms with Gasteiger partial charge in [0.1, 0.15) is 6.04 Å². The second-order valence-electron chi connectivity index (χ2n) is 4.29. The molecule has 2 N–H and O–H groups in total. The van der Waals surface area contributed by atoms with E-state index in [2.05, 4.69) is 5.32 Å². The number of benzene rings is 1. The fraction of sp³-hybridized carbons (Fsp3) is 0.333. The SMILES string of the molecule is CC(C)C(NC(=O)c1cc(F)c(F)c(F)c1)C(=O)O. The first kappa shape index (κ1) is 15.0. The van der Waals surface area contributed by atoms with Crippen molar-refractivity contribution in [2.45, 2.75) is 19.9 Å². The van der Waals surface area contributed by atoms with E-state index in [9.17, 15) is 22.8 Å². The van der Waals surface area contributed by atoms with Crippen molar-refractivity contribution < 1.29 is 27.9 Å². The molecule has 0 spiro atoms. The Morgan fingerprint density at radius 1 is 1.16 bits per heavy atom. The Morgan fingerprint density at radius 2 is 1.63 bits per heavy atom. The topological polar surface area (TPSA) is 66.4 Å². The summed E-state index contributed by atoms with van der Waals surface area (Å²) in [6.45, 7) is 3.12. The van der Waals surface area contributed by atoms with Crippen LogP contribution in [-0.4, -0.2) is 23.0 Å². The first-order valence-electron chi connectivity index (χ1n) is 5.42. The molecule has 104 valence electrons. The third kappa shape index (κ3) is 3.46. The molecule has 0 bridgehead atoms. The van der Waals surface area contributed by atoms with E-state index in [0.29, 0.717) is 12.1 Å². The number of nitrogens with one attached hydrogen (secondary N) is 1. The molecule has 0 aliphatic heterocycles. The normalized spacial score (nSPS) is 12.3. The van der Waals surface area contributed by atoms with Gasteiger partial charge in [0.05, 0.1) is 0 Å². The Kier molecular flexibility index (Phi) is 4.52. The third-order valence-corrected chi connectivity index (χ3v) is 2.47. The Morgan fingerprint density at radius 3 is 2.00 bits per heavy atom. The number of halogens is 3. The molecule has 0 fully saturated rings. The van der Waals surface area contributed by atoms with Gasteiger partial charge in [0.25, 0.3) is 5.91 Å². The van der Waals surface area contributed by atoms with Gasteiger partial charge in [-0.15, -0.1) is 0 Å². The molecule has 0 aromatic heterocycles. The van der Waals surface area contributed by atoms with Crippen LogP contribution < -0.4 is 5.32 Å². The summed E-state index contributed by atoms with van der Waals surface area (Å²) in [6, 6.07) is -0.191. The zero-order chi connectivity index (χ0) is 14.7. The van der Waals surface area contributed by atoms with Crippen molar-refractivity contribution in [2.24, 2.45) is 5.92 Å². The molecule has 0 saturated heterocycles. The lowest BCUT2D eigenvalue weighted by Crippen LogP contribution is -2.44. The van der Waals surface area contributed by atoms with Crippen molar-refractivity contribution in [1.82, 2.24) is 5.32 Å². The van der Waals surface area contributed by atoms with E-state index < -0.39 is 46.9 Å². The summed E-state index contributed by atoms with van der Waals surface area (Å²) >= 11 is 0. The minimum atomic E-state index is -1.69. The van der Waals surface area contributed by atoms with Gasteiger partial charge in [0.15, 0.2) is 17.5 Å². The van der Waals surface area contributed by atoms with Gasteiger partial charge in [0.2, 0.25) is 0 Å². The molecule has 0 aliphatic carbocycles. The molecule has 1 amide bonds. The van der Waals surface area contributed by atoms with E-state index in [1.54, 1.807) is 13.8 Å². The van der Waals surface area contributed by atoms with Gasteiger partial charge in [0, 0.05) is 5.56 Å². The highest BCUT2D eigenvalue weighted by atomic mass is 19.2. The van der Waals surface area contributed by atoms with Crippen LogP contribution in [0.15, 0.2) is 12.1 Å². The molecular formula is C12H12F3NO3. The van der Waals surface area contributed by atoms with E-state index in [1.807, 2.05) is 0 Å². The highest BCUT2D eigenvalue weighted by molar-refractivity contribution is 5.96. The number of carboxylic acids is 1. The molecule has 7 heteroatoms. The third-order valence-electron chi connectivity index (χ3n) is 2.47. The molecule has 19 heavy (non-hydrogen) atoms. The van der Waals surface area contributed by atoms with Crippen LogP contribution in [0.25, 0.3) is 0 Å². The Balaban J connectivity index is 2.98. The highest BCUT2D eigenvalue weighted by Gasteiger charge is 2.25. The quantitative estimate of drug-likeness (QED) is 0.825. The van der Waals surface area contributed by atoms with Crippen LogP contribution in [0, 0.1) is 23.4 Å². The number of carbonyl (C=O) groups excluding carboxylic acids is 1. The summed E-state index contributed by atoms with van der Waals surface area (Å²) < 4.78 is 38.6. The summed E-state index contributed by atoms with van der Waals surface area (Å²) in [5.74, 6) is -7.39. The molecule has 1 rings (SSSR count). The number of hydrogen-bond acceptors (Lipinski definition) is 2. The molecule has 1 aromatic carbocycles. The van der Waals surface area contributed by atoms with Crippen molar-refractivity contribution in [3.05, 3.63) is 35.1 Å². The number of aliphatic carboxylic acids is 1. The van der Waals surface area contributed by atoms with Gasteiger partial charge in [-0.1, -0.05) is 13.8 Å². The van der Waals surface area contributed by atoms with E-state index in [4.69, 9.17) is 5.11 Å². The lowest BCUT2D eigenvalue weighted by molar-refractivity contribution is -0.140. The predicted octanol–water partition coefficient (Wildman–Crippen LogP) is 1.94. The average Bonchev–Trinajstić information content (AvgIpc) is 2.31. The Bertz CT molecular complexity index is 494. The lowest BCUT2D eigenvalue weighted by Gasteiger charge is -2.17. The summed E-state index contributed by atoms with van der Waals surface area (Å²) in [5, 5.41) is 11.0. The average molecular weight is 275 g/mol. The maximum absolute atomic E-state index is 12.9. The van der Waals surface area contributed by atoms with Crippen LogP contribution in [0.2, 0.25) is 0 Å². The second-order valence-corrected chi connectivity index (χ2v) is 4.29. The Hall–Kier alpha value is -2.05. The molecular weight excluding hydrogens is 263 g/mol. The van der Waals surface area contributed by atoms with Gasteiger partial charge in [-0.05, 0) is 18.1 Å². The van der Waals surface area contributed by atoms with Crippen molar-refractivity contribution in [3.63, 3.8) is 0 Å². The van der Waals surface area contributed by atoms with Gasteiger partial charge >= 0.3 is 5.97 Å². The summed E-state index contributed by atoms with van der Waals surface area (Å²) in [5.41, 5.74) is -0.483. The molecule has 4 nitrogen and oxygen atoms in total. The standard InChI is InChI=1S/C12H12F3NO3/c1-5(2)10(12(18)19)16-11(17)6-3-7(13)9(15)8(14)4-6/h3-5,10H,1-2H3,(H,16,17)(H,18,19). The summed E-state index contributed by atoms with van der Waals surface area (Å²) in [6.07, 6.45) is 0. The number of carbonyl (C=O) groups is 2. The first-order chi connectivity index (χ1) is 8.73. The maximum Gasteiger partial charge on any atom is 0.326 e. The second kappa shape index (κ2) is 5.73. The van der Waals surface area contributed by atoms with Crippen LogP contribution in [0.3, 0.4) is 0 Å². The van der Waals surface area contributed by atoms with Crippen LogP contribution in [0.5, 0.6) is 0 Å². The lowest BCUT2D eigenvalue weighted by atomic mass is 10.0. The molecule has 0 radical (unpaired) electrons. The first-order valence-corrected chi connectivity index (χ1v) is 5.42. The predicted molar refractivity (Wildman–Crippen MR) is 60.0 cm³/mol. The van der Waals surface area contributed by atoms with E-state index in [-0.39, 0.29) is 0 Å². The summed E-state index contributed by atoms with van der Waals surface area (Å²) in [7, 11) is 0. The van der Waals surface area contributed by atoms with Gasteiger partial charge in [-0.25, -0.2) is 18.0 Å². The zero-order valence-corrected chi connectivity index (χ0v) is 10.2.